The van der Waals surface area contributed by atoms with Gasteiger partial charge in [0, 0.05) is 30.5 Å². The molecule has 28 heavy (non-hydrogen) atoms. The van der Waals surface area contributed by atoms with Crippen molar-refractivity contribution in [2.45, 2.75) is 42.3 Å². The number of rotatable bonds is 6. The molecule has 0 bridgehead atoms. The Morgan fingerprint density at radius 1 is 1.29 bits per heavy atom. The Labute approximate surface area is 167 Å². The topological polar surface area (TPSA) is 112 Å². The molecule has 150 valence electrons. The standard InChI is InChI=1S/C18H22N4O4S2/c1-13-4-2-3-11-22(13)28(25,26)15-7-5-14(6-8-15)20-17(24)12-27-18-19-10-9-16(23)21-18/h5-10,13H,2-4,11-12H2,1H3,(H,20,24)(H,19,21,23). The van der Waals surface area contributed by atoms with Gasteiger partial charge in [0.1, 0.15) is 0 Å². The molecule has 1 aliphatic heterocycles. The van der Waals surface area contributed by atoms with Gasteiger partial charge >= 0.3 is 0 Å². The van der Waals surface area contributed by atoms with Gasteiger partial charge in [-0.2, -0.15) is 4.31 Å². The smallest absolute Gasteiger partial charge is 0.251 e. The Morgan fingerprint density at radius 2 is 2.04 bits per heavy atom. The van der Waals surface area contributed by atoms with Crippen LogP contribution in [-0.2, 0) is 14.8 Å². The van der Waals surface area contributed by atoms with Crippen molar-refractivity contribution in [1.29, 1.82) is 0 Å². The minimum absolute atomic E-state index is 0.00630. The highest BCUT2D eigenvalue weighted by atomic mass is 32.2. The maximum absolute atomic E-state index is 12.8. The third-order valence-corrected chi connectivity index (χ3v) is 7.39. The van der Waals surface area contributed by atoms with E-state index in [1.54, 1.807) is 16.4 Å². The Morgan fingerprint density at radius 3 is 2.71 bits per heavy atom. The van der Waals surface area contributed by atoms with Gasteiger partial charge in [-0.3, -0.25) is 9.59 Å². The summed E-state index contributed by atoms with van der Waals surface area (Å²) in [6.07, 6.45) is 4.16. The van der Waals surface area contributed by atoms with Gasteiger partial charge in [0.15, 0.2) is 5.16 Å². The van der Waals surface area contributed by atoms with Crippen LogP contribution in [0.1, 0.15) is 26.2 Å². The van der Waals surface area contributed by atoms with Crippen LogP contribution in [0.5, 0.6) is 0 Å². The van der Waals surface area contributed by atoms with Gasteiger partial charge < -0.3 is 10.3 Å². The molecule has 0 spiro atoms. The first-order valence-electron chi connectivity index (χ1n) is 8.96. The fourth-order valence-electron chi connectivity index (χ4n) is 3.03. The molecule has 1 amide bonds. The van der Waals surface area contributed by atoms with Crippen molar-refractivity contribution in [2.24, 2.45) is 0 Å². The predicted octanol–water partition coefficient (Wildman–Crippen LogP) is 2.06. The van der Waals surface area contributed by atoms with Crippen molar-refractivity contribution in [3.8, 4) is 0 Å². The fraction of sp³-hybridized carbons (Fsp3) is 0.389. The average molecular weight is 423 g/mol. The SMILES string of the molecule is CC1CCCCN1S(=O)(=O)c1ccc(NC(=O)CSc2nccc(=O)[nH]2)cc1. The molecule has 1 unspecified atom stereocenters. The van der Waals surface area contributed by atoms with E-state index < -0.39 is 10.0 Å². The number of H-pyrrole nitrogens is 1. The lowest BCUT2D eigenvalue weighted by Crippen LogP contribution is -2.41. The molecule has 2 N–H and O–H groups in total. The Balaban J connectivity index is 1.60. The summed E-state index contributed by atoms with van der Waals surface area (Å²) in [4.78, 5) is 30.0. The van der Waals surface area contributed by atoms with Crippen LogP contribution >= 0.6 is 11.8 Å². The van der Waals surface area contributed by atoms with Gasteiger partial charge in [-0.15, -0.1) is 0 Å². The van der Waals surface area contributed by atoms with Gasteiger partial charge in [-0.25, -0.2) is 13.4 Å². The van der Waals surface area contributed by atoms with Crippen LogP contribution in [0.4, 0.5) is 5.69 Å². The van der Waals surface area contributed by atoms with Gasteiger partial charge in [-0.1, -0.05) is 18.2 Å². The number of carbonyl (C=O) groups is 1. The van der Waals surface area contributed by atoms with E-state index in [2.05, 4.69) is 15.3 Å². The minimum Gasteiger partial charge on any atom is -0.325 e. The van der Waals surface area contributed by atoms with Gasteiger partial charge in [-0.05, 0) is 44.0 Å². The van der Waals surface area contributed by atoms with Crippen LogP contribution in [0.2, 0.25) is 0 Å². The third-order valence-electron chi connectivity index (χ3n) is 4.47. The molecule has 1 saturated heterocycles. The molecule has 1 fully saturated rings. The highest BCUT2D eigenvalue weighted by Gasteiger charge is 2.30. The van der Waals surface area contributed by atoms with Crippen LogP contribution < -0.4 is 10.9 Å². The zero-order valence-corrected chi connectivity index (χ0v) is 17.1. The van der Waals surface area contributed by atoms with Crippen LogP contribution in [0.15, 0.2) is 51.4 Å². The molecule has 1 aliphatic rings. The first-order chi connectivity index (χ1) is 13.4. The molecular formula is C18H22N4O4S2. The van der Waals surface area contributed by atoms with Crippen molar-refractivity contribution >= 4 is 33.4 Å². The molecule has 0 radical (unpaired) electrons. The number of sulfonamides is 1. The van der Waals surface area contributed by atoms with E-state index in [1.165, 1.54) is 24.4 Å². The molecule has 10 heteroatoms. The summed E-state index contributed by atoms with van der Waals surface area (Å²) in [6.45, 7) is 2.46. The number of aromatic nitrogens is 2. The monoisotopic (exact) mass is 422 g/mol. The number of amides is 1. The van der Waals surface area contributed by atoms with E-state index in [0.29, 0.717) is 17.4 Å². The molecule has 0 aliphatic carbocycles. The van der Waals surface area contributed by atoms with Crippen LogP contribution in [-0.4, -0.2) is 46.9 Å². The van der Waals surface area contributed by atoms with Crippen LogP contribution in [0.3, 0.4) is 0 Å². The van der Waals surface area contributed by atoms with E-state index in [0.717, 1.165) is 31.0 Å². The Bertz CT molecular complexity index is 989. The number of carbonyl (C=O) groups excluding carboxylic acids is 1. The second-order valence-electron chi connectivity index (χ2n) is 6.56. The highest BCUT2D eigenvalue weighted by Crippen LogP contribution is 2.26. The van der Waals surface area contributed by atoms with Gasteiger partial charge in [0.2, 0.25) is 15.9 Å². The van der Waals surface area contributed by atoms with Crippen LogP contribution in [0.25, 0.3) is 0 Å². The predicted molar refractivity (Wildman–Crippen MR) is 108 cm³/mol. The number of nitrogens with one attached hydrogen (secondary N) is 2. The molecule has 1 atom stereocenters. The summed E-state index contributed by atoms with van der Waals surface area (Å²) in [5.41, 5.74) is 0.225. The summed E-state index contributed by atoms with van der Waals surface area (Å²) in [5, 5.41) is 3.07. The lowest BCUT2D eigenvalue weighted by molar-refractivity contribution is -0.113. The third kappa shape index (κ3) is 5.00. The molecule has 3 rings (SSSR count). The summed E-state index contributed by atoms with van der Waals surface area (Å²) in [7, 11) is -3.53. The maximum atomic E-state index is 12.8. The molecule has 1 aromatic carbocycles. The summed E-state index contributed by atoms with van der Waals surface area (Å²) < 4.78 is 27.2. The Hall–Kier alpha value is -2.17. The molecular weight excluding hydrogens is 400 g/mol. The number of hydrogen-bond donors (Lipinski definition) is 2. The second kappa shape index (κ2) is 8.89. The van der Waals surface area contributed by atoms with Crippen molar-refractivity contribution in [3.05, 3.63) is 46.9 Å². The number of benzene rings is 1. The first-order valence-corrected chi connectivity index (χ1v) is 11.4. The van der Waals surface area contributed by atoms with Gasteiger partial charge in [0.25, 0.3) is 5.56 Å². The van der Waals surface area contributed by atoms with Crippen molar-refractivity contribution in [3.63, 3.8) is 0 Å². The number of nitrogens with zero attached hydrogens (tertiary/aromatic N) is 2. The molecule has 8 nitrogen and oxygen atoms in total. The lowest BCUT2D eigenvalue weighted by atomic mass is 10.1. The summed E-state index contributed by atoms with van der Waals surface area (Å²) in [5.74, 6) is -0.213. The number of thioether (sulfide) groups is 1. The lowest BCUT2D eigenvalue weighted by Gasteiger charge is -2.32. The number of aromatic amines is 1. The van der Waals surface area contributed by atoms with Crippen LogP contribution in [0, 0.1) is 0 Å². The first kappa shape index (κ1) is 20.6. The second-order valence-corrected chi connectivity index (χ2v) is 9.42. The van der Waals surface area contributed by atoms with Crippen molar-refractivity contribution in [1.82, 2.24) is 14.3 Å². The zero-order valence-electron chi connectivity index (χ0n) is 15.4. The van der Waals surface area contributed by atoms with Crippen molar-refractivity contribution in [2.75, 3.05) is 17.6 Å². The van der Waals surface area contributed by atoms with E-state index in [1.807, 2.05) is 6.92 Å². The minimum atomic E-state index is -3.53. The van der Waals surface area contributed by atoms with Gasteiger partial charge in [0.05, 0.1) is 10.6 Å². The average Bonchev–Trinajstić information content (AvgIpc) is 2.67. The summed E-state index contributed by atoms with van der Waals surface area (Å²) in [6, 6.07) is 7.46. The quantitative estimate of drug-likeness (QED) is 0.544. The zero-order chi connectivity index (χ0) is 20.1. The largest absolute Gasteiger partial charge is 0.325 e. The molecule has 0 saturated carbocycles. The number of anilines is 1. The van der Waals surface area contributed by atoms with E-state index in [-0.39, 0.29) is 28.2 Å². The normalized spacial score (nSPS) is 18.0. The van der Waals surface area contributed by atoms with E-state index in [4.69, 9.17) is 0 Å². The van der Waals surface area contributed by atoms with E-state index in [9.17, 15) is 18.0 Å². The molecule has 2 heterocycles. The molecule has 2 aromatic rings. The molecule has 1 aromatic heterocycles. The summed E-state index contributed by atoms with van der Waals surface area (Å²) >= 11 is 1.11. The fourth-order valence-corrected chi connectivity index (χ4v) is 5.38. The number of hydrogen-bond acceptors (Lipinski definition) is 6. The van der Waals surface area contributed by atoms with Crippen molar-refractivity contribution < 1.29 is 13.2 Å². The highest BCUT2D eigenvalue weighted by molar-refractivity contribution is 7.99. The maximum Gasteiger partial charge on any atom is 0.251 e. The van der Waals surface area contributed by atoms with E-state index >= 15 is 0 Å². The Kier molecular flexibility index (Phi) is 6.53. The number of piperidine rings is 1.